The topological polar surface area (TPSA) is 52.1 Å². The molecule has 2 heterocycles. The number of carbonyl (C=O) groups is 1. The van der Waals surface area contributed by atoms with Crippen LogP contribution in [0.25, 0.3) is 11.1 Å². The number of Topliss-reactive ketones (excluding diaryl/α,β-unsaturated/α-hetero) is 1. The summed E-state index contributed by atoms with van der Waals surface area (Å²) < 4.78 is 46.3. The van der Waals surface area contributed by atoms with Gasteiger partial charge in [0, 0.05) is 29.4 Å². The molecule has 0 aliphatic heterocycles. The third kappa shape index (κ3) is 5.27. The lowest BCUT2D eigenvalue weighted by atomic mass is 10.0. The molecule has 0 spiro atoms. The van der Waals surface area contributed by atoms with E-state index in [1.54, 1.807) is 36.4 Å². The third-order valence-corrected chi connectivity index (χ3v) is 4.55. The van der Waals surface area contributed by atoms with Gasteiger partial charge in [-0.3, -0.25) is 4.79 Å². The first-order chi connectivity index (χ1) is 12.8. The van der Waals surface area contributed by atoms with Crippen molar-refractivity contribution in [3.8, 4) is 17.0 Å². The number of hydrogen-bond acceptors (Lipinski definition) is 5. The summed E-state index contributed by atoms with van der Waals surface area (Å²) in [7, 11) is 0. The lowest BCUT2D eigenvalue weighted by molar-refractivity contribution is -0.154. The van der Waals surface area contributed by atoms with Gasteiger partial charge in [-0.2, -0.15) is 13.2 Å². The van der Waals surface area contributed by atoms with Crippen LogP contribution in [0.5, 0.6) is 5.88 Å². The van der Waals surface area contributed by atoms with Crippen LogP contribution in [-0.2, 0) is 6.42 Å². The number of nitrogens with zero attached hydrogens (tertiary/aromatic N) is 2. The largest absolute Gasteiger partial charge is 0.468 e. The Bertz CT molecular complexity index is 929. The highest BCUT2D eigenvalue weighted by atomic mass is 35.5. The van der Waals surface area contributed by atoms with Crippen molar-refractivity contribution in [1.82, 2.24) is 9.36 Å². The predicted molar refractivity (Wildman–Crippen MR) is 96.4 cm³/mol. The Morgan fingerprint density at radius 2 is 1.93 bits per heavy atom. The number of ether oxygens (including phenoxy) is 1. The highest BCUT2D eigenvalue weighted by Crippen LogP contribution is 2.31. The number of hydrogen-bond donors (Lipinski definition) is 0. The molecule has 1 aromatic carbocycles. The molecule has 0 radical (unpaired) electrons. The number of alkyl halides is 3. The van der Waals surface area contributed by atoms with Gasteiger partial charge >= 0.3 is 6.18 Å². The summed E-state index contributed by atoms with van der Waals surface area (Å²) in [6.45, 7) is -1.46. The molecule has 27 heavy (non-hydrogen) atoms. The van der Waals surface area contributed by atoms with Gasteiger partial charge in [-0.1, -0.05) is 23.7 Å². The van der Waals surface area contributed by atoms with Crippen molar-refractivity contribution in [3.63, 3.8) is 0 Å². The second-order valence-electron chi connectivity index (χ2n) is 5.58. The highest BCUT2D eigenvalue weighted by molar-refractivity contribution is 7.08. The molecule has 3 rings (SSSR count). The van der Waals surface area contributed by atoms with E-state index in [2.05, 4.69) is 9.36 Å². The van der Waals surface area contributed by atoms with E-state index in [0.29, 0.717) is 26.6 Å². The fraction of sp³-hybridized carbons (Fsp3) is 0.167. The summed E-state index contributed by atoms with van der Waals surface area (Å²) in [6.07, 6.45) is -1.57. The molecule has 2 aromatic heterocycles. The van der Waals surface area contributed by atoms with Crippen LogP contribution in [0.3, 0.4) is 0 Å². The SMILES string of the molecule is O=C(Cc1cnc(OCC(F)(F)F)c(-c2ccc(Cl)cc2)c1)c1ccns1. The van der Waals surface area contributed by atoms with Gasteiger partial charge in [-0.05, 0) is 46.9 Å². The number of halogens is 4. The van der Waals surface area contributed by atoms with Crippen molar-refractivity contribution < 1.29 is 22.7 Å². The fourth-order valence-corrected chi connectivity index (χ4v) is 2.98. The van der Waals surface area contributed by atoms with Crippen molar-refractivity contribution in [2.45, 2.75) is 12.6 Å². The lowest BCUT2D eigenvalue weighted by Gasteiger charge is -2.13. The molecular weight excluding hydrogens is 401 g/mol. The molecule has 0 atom stereocenters. The van der Waals surface area contributed by atoms with Crippen molar-refractivity contribution in [2.75, 3.05) is 6.61 Å². The van der Waals surface area contributed by atoms with Crippen molar-refractivity contribution in [1.29, 1.82) is 0 Å². The molecule has 0 unspecified atom stereocenters. The molecule has 0 aliphatic carbocycles. The molecule has 0 aliphatic rings. The minimum atomic E-state index is -4.49. The Morgan fingerprint density at radius 1 is 1.19 bits per heavy atom. The Hall–Kier alpha value is -2.45. The van der Waals surface area contributed by atoms with E-state index < -0.39 is 12.8 Å². The molecule has 0 saturated heterocycles. The zero-order valence-electron chi connectivity index (χ0n) is 13.7. The molecule has 140 valence electrons. The van der Waals surface area contributed by atoms with Crippen LogP contribution in [0.2, 0.25) is 5.02 Å². The van der Waals surface area contributed by atoms with Crippen molar-refractivity contribution in [2.24, 2.45) is 0 Å². The molecule has 0 saturated carbocycles. The predicted octanol–water partition coefficient (Wildman–Crippen LogP) is 5.23. The summed E-state index contributed by atoms with van der Waals surface area (Å²) in [5, 5.41) is 0.487. The van der Waals surface area contributed by atoms with E-state index in [-0.39, 0.29) is 18.1 Å². The standard InChI is InChI=1S/C18H12ClF3N2O2S/c19-13-3-1-12(2-4-13)14-7-11(8-15(25)16-5-6-24-27-16)9-23-17(14)26-10-18(20,21)22/h1-7,9H,8,10H2. The summed E-state index contributed by atoms with van der Waals surface area (Å²) in [5.41, 5.74) is 1.49. The molecule has 9 heteroatoms. The Labute approximate surface area is 161 Å². The van der Waals surface area contributed by atoms with E-state index in [1.165, 1.54) is 12.4 Å². The van der Waals surface area contributed by atoms with Crippen LogP contribution in [0.1, 0.15) is 15.2 Å². The molecule has 0 fully saturated rings. The minimum Gasteiger partial charge on any atom is -0.468 e. The zero-order chi connectivity index (χ0) is 19.4. The van der Waals surface area contributed by atoms with Gasteiger partial charge in [-0.15, -0.1) is 0 Å². The number of benzene rings is 1. The maximum Gasteiger partial charge on any atom is 0.422 e. The molecule has 0 amide bonds. The average molecular weight is 413 g/mol. The van der Waals surface area contributed by atoms with Gasteiger partial charge in [0.1, 0.15) is 0 Å². The first-order valence-corrected chi connectivity index (χ1v) is 8.85. The van der Waals surface area contributed by atoms with E-state index >= 15 is 0 Å². The summed E-state index contributed by atoms with van der Waals surface area (Å²) in [6, 6.07) is 9.73. The number of pyridine rings is 1. The maximum absolute atomic E-state index is 12.5. The van der Waals surface area contributed by atoms with Crippen LogP contribution in [0, 0.1) is 0 Å². The van der Waals surface area contributed by atoms with Gasteiger partial charge in [-0.25, -0.2) is 9.36 Å². The van der Waals surface area contributed by atoms with Gasteiger partial charge in [0.25, 0.3) is 0 Å². The summed E-state index contributed by atoms with van der Waals surface area (Å²) in [5.74, 6) is -0.311. The van der Waals surface area contributed by atoms with Gasteiger partial charge in [0.15, 0.2) is 12.4 Å². The highest BCUT2D eigenvalue weighted by Gasteiger charge is 2.29. The molecule has 0 N–H and O–H groups in total. The quantitative estimate of drug-likeness (QED) is 0.520. The monoisotopic (exact) mass is 412 g/mol. The second kappa shape index (κ2) is 8.06. The van der Waals surface area contributed by atoms with E-state index in [9.17, 15) is 18.0 Å². The minimum absolute atomic E-state index is 0.0509. The van der Waals surface area contributed by atoms with Crippen molar-refractivity contribution >= 4 is 28.9 Å². The first-order valence-electron chi connectivity index (χ1n) is 7.70. The molecule has 4 nitrogen and oxygen atoms in total. The van der Waals surface area contributed by atoms with Crippen LogP contribution >= 0.6 is 23.1 Å². The molecule has 0 bridgehead atoms. The molecular formula is C18H12ClF3N2O2S. The second-order valence-corrected chi connectivity index (χ2v) is 6.85. The number of carbonyl (C=O) groups excluding carboxylic acids is 1. The van der Waals surface area contributed by atoms with Crippen LogP contribution in [0.15, 0.2) is 48.8 Å². The normalized spacial score (nSPS) is 11.4. The Morgan fingerprint density at radius 3 is 2.56 bits per heavy atom. The van der Waals surface area contributed by atoms with Crippen LogP contribution in [0.4, 0.5) is 13.2 Å². The fourth-order valence-electron chi connectivity index (χ4n) is 2.33. The average Bonchev–Trinajstić information content (AvgIpc) is 3.15. The third-order valence-electron chi connectivity index (χ3n) is 3.51. The smallest absolute Gasteiger partial charge is 0.422 e. The summed E-state index contributed by atoms with van der Waals surface area (Å²) in [4.78, 5) is 16.8. The number of aromatic nitrogens is 2. The van der Waals surface area contributed by atoms with Crippen LogP contribution in [-0.4, -0.2) is 27.9 Å². The van der Waals surface area contributed by atoms with Gasteiger partial charge in [0.2, 0.25) is 5.88 Å². The number of rotatable bonds is 6. The van der Waals surface area contributed by atoms with E-state index in [4.69, 9.17) is 16.3 Å². The molecule has 3 aromatic rings. The van der Waals surface area contributed by atoms with E-state index in [1.807, 2.05) is 0 Å². The Balaban J connectivity index is 1.92. The number of ketones is 1. The zero-order valence-corrected chi connectivity index (χ0v) is 15.2. The Kier molecular flexibility index (Phi) is 5.76. The lowest BCUT2D eigenvalue weighted by Crippen LogP contribution is -2.20. The van der Waals surface area contributed by atoms with Gasteiger partial charge in [0.05, 0.1) is 4.88 Å². The van der Waals surface area contributed by atoms with Crippen LogP contribution < -0.4 is 4.74 Å². The summed E-state index contributed by atoms with van der Waals surface area (Å²) >= 11 is 6.95. The van der Waals surface area contributed by atoms with Crippen molar-refractivity contribution in [3.05, 3.63) is 64.3 Å². The van der Waals surface area contributed by atoms with Gasteiger partial charge < -0.3 is 4.74 Å². The van der Waals surface area contributed by atoms with E-state index in [0.717, 1.165) is 11.5 Å². The first kappa shape index (κ1) is 19.3. The maximum atomic E-state index is 12.5.